The fourth-order valence-electron chi connectivity index (χ4n) is 2.58. The number of hydrogen-bond donors (Lipinski definition) is 0. The van der Waals surface area contributed by atoms with Gasteiger partial charge in [-0.25, -0.2) is 13.8 Å². The third-order valence-electron chi connectivity index (χ3n) is 3.87. The van der Waals surface area contributed by atoms with Gasteiger partial charge in [-0.15, -0.1) is 5.10 Å². The van der Waals surface area contributed by atoms with E-state index < -0.39 is 17.2 Å². The zero-order chi connectivity index (χ0) is 18.3. The molecule has 0 amide bonds. The van der Waals surface area contributed by atoms with Gasteiger partial charge < -0.3 is 0 Å². The molecule has 0 unspecified atom stereocenters. The third-order valence-corrected chi connectivity index (χ3v) is 4.23. The Morgan fingerprint density at radius 3 is 2.69 bits per heavy atom. The summed E-state index contributed by atoms with van der Waals surface area (Å²) in [5, 5.41) is 8.12. The second-order valence-corrected chi connectivity index (χ2v) is 5.95. The first-order valence-corrected chi connectivity index (χ1v) is 7.92. The quantitative estimate of drug-likeness (QED) is 0.554. The van der Waals surface area contributed by atoms with Crippen molar-refractivity contribution in [3.8, 4) is 5.69 Å². The summed E-state index contributed by atoms with van der Waals surface area (Å²) in [6.45, 7) is 0.208. The Hall–Kier alpha value is -3.13. The molecule has 0 spiro atoms. The van der Waals surface area contributed by atoms with Crippen LogP contribution in [-0.2, 0) is 6.54 Å². The summed E-state index contributed by atoms with van der Waals surface area (Å²) in [4.78, 5) is 16.8. The van der Waals surface area contributed by atoms with Gasteiger partial charge in [0.1, 0.15) is 17.8 Å². The number of benzene rings is 2. The summed E-state index contributed by atoms with van der Waals surface area (Å²) in [6, 6.07) is 10.1. The second kappa shape index (κ2) is 6.30. The molecular weight excluding hydrogens is 364 g/mol. The molecule has 0 N–H and O–H groups in total. The van der Waals surface area contributed by atoms with Gasteiger partial charge in [0.15, 0.2) is 17.0 Å². The van der Waals surface area contributed by atoms with E-state index in [9.17, 15) is 13.6 Å². The van der Waals surface area contributed by atoms with Gasteiger partial charge in [0.05, 0.1) is 6.54 Å². The topological polar surface area (TPSA) is 65.6 Å². The third kappa shape index (κ3) is 2.74. The summed E-state index contributed by atoms with van der Waals surface area (Å²) < 4.78 is 29.5. The summed E-state index contributed by atoms with van der Waals surface area (Å²) in [5.41, 5.74) is 0.307. The summed E-state index contributed by atoms with van der Waals surface area (Å²) in [7, 11) is 0. The van der Waals surface area contributed by atoms with Gasteiger partial charge in [0.2, 0.25) is 0 Å². The van der Waals surface area contributed by atoms with E-state index in [2.05, 4.69) is 15.3 Å². The molecule has 2 heterocycles. The smallest absolute Gasteiger partial charge is 0.283 e. The van der Waals surface area contributed by atoms with Crippen molar-refractivity contribution in [2.45, 2.75) is 6.54 Å². The molecule has 0 aliphatic rings. The van der Waals surface area contributed by atoms with Crippen LogP contribution >= 0.6 is 11.6 Å². The van der Waals surface area contributed by atoms with Crippen LogP contribution in [0.2, 0.25) is 5.02 Å². The Kier molecular flexibility index (Phi) is 3.96. The number of hydrogen-bond acceptors (Lipinski definition) is 4. The van der Waals surface area contributed by atoms with Gasteiger partial charge in [-0.3, -0.25) is 9.36 Å². The van der Waals surface area contributed by atoms with Gasteiger partial charge in [-0.05, 0) is 23.8 Å². The van der Waals surface area contributed by atoms with E-state index in [-0.39, 0.29) is 23.4 Å². The summed E-state index contributed by atoms with van der Waals surface area (Å²) >= 11 is 6.12. The molecule has 0 radical (unpaired) electrons. The van der Waals surface area contributed by atoms with E-state index in [0.717, 1.165) is 22.4 Å². The average Bonchev–Trinajstić information content (AvgIpc) is 3.04. The van der Waals surface area contributed by atoms with Gasteiger partial charge in [0.25, 0.3) is 5.56 Å². The van der Waals surface area contributed by atoms with Crippen molar-refractivity contribution in [2.24, 2.45) is 0 Å². The highest BCUT2D eigenvalue weighted by atomic mass is 35.5. The van der Waals surface area contributed by atoms with Crippen molar-refractivity contribution in [2.75, 3.05) is 0 Å². The molecule has 2 aromatic heterocycles. The van der Waals surface area contributed by atoms with Crippen LogP contribution in [0.3, 0.4) is 0 Å². The lowest BCUT2D eigenvalue weighted by atomic mass is 10.2. The molecule has 0 fully saturated rings. The van der Waals surface area contributed by atoms with Crippen LogP contribution in [-0.4, -0.2) is 24.5 Å². The first-order chi connectivity index (χ1) is 12.5. The first kappa shape index (κ1) is 16.3. The summed E-state index contributed by atoms with van der Waals surface area (Å²) in [5.74, 6) is -1.55. The molecule has 2 aromatic carbocycles. The lowest BCUT2D eigenvalue weighted by Crippen LogP contribution is -2.21. The predicted molar refractivity (Wildman–Crippen MR) is 91.4 cm³/mol. The number of fused-ring (bicyclic) bond motifs is 1. The van der Waals surface area contributed by atoms with Crippen LogP contribution in [0.1, 0.15) is 5.56 Å². The zero-order valence-corrected chi connectivity index (χ0v) is 13.9. The Bertz CT molecular complexity index is 1190. The second-order valence-electron chi connectivity index (χ2n) is 5.54. The number of aromatic nitrogens is 5. The molecule has 0 atom stereocenters. The highest BCUT2D eigenvalue weighted by Gasteiger charge is 2.16. The molecule has 0 aliphatic carbocycles. The van der Waals surface area contributed by atoms with E-state index >= 15 is 0 Å². The average molecular weight is 374 g/mol. The van der Waals surface area contributed by atoms with E-state index in [0.29, 0.717) is 5.02 Å². The van der Waals surface area contributed by atoms with E-state index in [1.807, 2.05) is 6.07 Å². The molecule has 4 aromatic rings. The van der Waals surface area contributed by atoms with E-state index in [1.165, 1.54) is 17.0 Å². The number of halogens is 3. The molecule has 4 rings (SSSR count). The maximum absolute atomic E-state index is 14.0. The Morgan fingerprint density at radius 2 is 1.92 bits per heavy atom. The zero-order valence-electron chi connectivity index (χ0n) is 13.1. The molecule has 0 aliphatic heterocycles. The van der Waals surface area contributed by atoms with Crippen molar-refractivity contribution in [3.05, 3.63) is 81.4 Å². The van der Waals surface area contributed by atoms with Crippen molar-refractivity contribution >= 4 is 22.8 Å². The van der Waals surface area contributed by atoms with Crippen LogP contribution < -0.4 is 5.56 Å². The predicted octanol–water partition coefficient (Wildman–Crippen LogP) is 2.96. The highest BCUT2D eigenvalue weighted by Crippen LogP contribution is 2.18. The number of nitrogens with zero attached hydrogens (tertiary/aromatic N) is 5. The van der Waals surface area contributed by atoms with Crippen LogP contribution in [0.4, 0.5) is 8.78 Å². The fourth-order valence-corrected chi connectivity index (χ4v) is 2.78. The monoisotopic (exact) mass is 373 g/mol. The SMILES string of the molecule is O=c1c2nnn(-c3ccc(F)cc3F)c2ncn1Cc1ccccc1Cl. The Morgan fingerprint density at radius 1 is 1.12 bits per heavy atom. The van der Waals surface area contributed by atoms with Crippen LogP contribution in [0.25, 0.3) is 16.9 Å². The standard InChI is InChI=1S/C17H10ClF2N5O/c18-12-4-2-1-3-10(12)8-24-9-21-16-15(17(24)26)22-23-25(16)14-6-5-11(19)7-13(14)20/h1-7,9H,8H2. The minimum Gasteiger partial charge on any atom is -0.293 e. The van der Waals surface area contributed by atoms with Crippen molar-refractivity contribution in [1.82, 2.24) is 24.5 Å². The van der Waals surface area contributed by atoms with E-state index in [1.54, 1.807) is 18.2 Å². The summed E-state index contributed by atoms with van der Waals surface area (Å²) in [6.07, 6.45) is 1.31. The Balaban J connectivity index is 1.81. The van der Waals surface area contributed by atoms with Crippen LogP contribution in [0, 0.1) is 11.6 Å². The molecule has 6 nitrogen and oxygen atoms in total. The lowest BCUT2D eigenvalue weighted by molar-refractivity contribution is 0.573. The molecule has 0 saturated heterocycles. The maximum atomic E-state index is 14.0. The highest BCUT2D eigenvalue weighted by molar-refractivity contribution is 6.31. The van der Waals surface area contributed by atoms with Crippen LogP contribution in [0.5, 0.6) is 0 Å². The minimum absolute atomic E-state index is 0.0247. The van der Waals surface area contributed by atoms with Gasteiger partial charge in [0, 0.05) is 11.1 Å². The molecule has 26 heavy (non-hydrogen) atoms. The van der Waals surface area contributed by atoms with Gasteiger partial charge in [-0.2, -0.15) is 4.68 Å². The van der Waals surface area contributed by atoms with Crippen molar-refractivity contribution < 1.29 is 8.78 Å². The largest absolute Gasteiger partial charge is 0.293 e. The molecule has 0 bridgehead atoms. The van der Waals surface area contributed by atoms with Crippen molar-refractivity contribution in [3.63, 3.8) is 0 Å². The fraction of sp³-hybridized carbons (Fsp3) is 0.0588. The first-order valence-electron chi connectivity index (χ1n) is 7.54. The molecule has 9 heteroatoms. The number of rotatable bonds is 3. The molecular formula is C17H10ClF2N5O. The lowest BCUT2D eigenvalue weighted by Gasteiger charge is -2.07. The Labute approximate surface area is 150 Å². The molecule has 0 saturated carbocycles. The molecule has 130 valence electrons. The van der Waals surface area contributed by atoms with Gasteiger partial charge >= 0.3 is 0 Å². The van der Waals surface area contributed by atoms with E-state index in [4.69, 9.17) is 11.6 Å². The minimum atomic E-state index is -0.834. The van der Waals surface area contributed by atoms with Crippen LogP contribution in [0.15, 0.2) is 53.6 Å². The van der Waals surface area contributed by atoms with Gasteiger partial charge in [-0.1, -0.05) is 35.0 Å². The maximum Gasteiger partial charge on any atom is 0.283 e. The van der Waals surface area contributed by atoms with Crippen molar-refractivity contribution in [1.29, 1.82) is 0 Å². The normalized spacial score (nSPS) is 11.2.